The number of benzene rings is 1. The van der Waals surface area contributed by atoms with Gasteiger partial charge in [-0.1, -0.05) is 25.5 Å². The minimum absolute atomic E-state index is 0.111. The molecule has 1 aromatic carbocycles. The Labute approximate surface area is 131 Å². The van der Waals surface area contributed by atoms with E-state index < -0.39 is 0 Å². The van der Waals surface area contributed by atoms with Gasteiger partial charge in [0.15, 0.2) is 0 Å². The van der Waals surface area contributed by atoms with Crippen molar-refractivity contribution in [2.24, 2.45) is 0 Å². The van der Waals surface area contributed by atoms with E-state index in [1.165, 1.54) is 16.7 Å². The summed E-state index contributed by atoms with van der Waals surface area (Å²) in [6.45, 7) is 2.19. The van der Waals surface area contributed by atoms with E-state index in [0.29, 0.717) is 6.42 Å². The van der Waals surface area contributed by atoms with Crippen molar-refractivity contribution < 1.29 is 4.79 Å². The molecule has 0 aliphatic carbocycles. The molecule has 0 bridgehead atoms. The molecule has 112 valence electrons. The highest BCUT2D eigenvalue weighted by Crippen LogP contribution is 2.29. The number of nitrogens with one attached hydrogen (secondary N) is 1. The van der Waals surface area contributed by atoms with Crippen molar-refractivity contribution >= 4 is 23.2 Å². The number of nitrogens with zero attached hydrogens (tertiary/aromatic N) is 1. The molecule has 1 aliphatic heterocycles. The molecule has 3 nitrogen and oxygen atoms in total. The number of pyridine rings is 1. The van der Waals surface area contributed by atoms with Gasteiger partial charge in [0.1, 0.15) is 0 Å². The first-order valence-electron chi connectivity index (χ1n) is 7.80. The van der Waals surface area contributed by atoms with Gasteiger partial charge in [0.2, 0.25) is 5.91 Å². The average Bonchev–Trinajstić information content (AvgIpc) is 2.55. The Kier molecular flexibility index (Phi) is 4.33. The van der Waals surface area contributed by atoms with Crippen LogP contribution in [0.15, 0.2) is 42.7 Å². The normalized spacial score (nSPS) is 14.4. The van der Waals surface area contributed by atoms with Gasteiger partial charge >= 0.3 is 0 Å². The number of allylic oxidation sites excluding steroid dienone is 1. The molecule has 0 radical (unpaired) electrons. The second-order valence-corrected chi connectivity index (χ2v) is 5.63. The highest BCUT2D eigenvalue weighted by atomic mass is 16.1. The topological polar surface area (TPSA) is 42.0 Å². The molecule has 0 saturated carbocycles. The minimum Gasteiger partial charge on any atom is -0.326 e. The van der Waals surface area contributed by atoms with E-state index in [9.17, 15) is 4.79 Å². The third kappa shape index (κ3) is 3.25. The molecule has 0 spiro atoms. The first-order chi connectivity index (χ1) is 10.8. The van der Waals surface area contributed by atoms with Gasteiger partial charge in [-0.2, -0.15) is 0 Å². The maximum Gasteiger partial charge on any atom is 0.224 e. The fourth-order valence-corrected chi connectivity index (χ4v) is 2.81. The number of amides is 1. The average molecular weight is 292 g/mol. The first-order valence-corrected chi connectivity index (χ1v) is 7.80. The molecule has 1 N–H and O–H groups in total. The van der Waals surface area contributed by atoms with E-state index >= 15 is 0 Å². The third-order valence-corrected chi connectivity index (χ3v) is 3.92. The second-order valence-electron chi connectivity index (χ2n) is 5.63. The molecule has 2 heterocycles. The standard InChI is InChI=1S/C19H20N2O/c1-2-4-15(11-14-5-3-10-20-13-14)16-6-8-18-17(12-16)7-9-19(22)21-18/h3,5-6,8,10-13H,2,4,7,9H2,1H3,(H,21,22)/b15-11+. The predicted octanol–water partition coefficient (Wildman–Crippen LogP) is 4.31. The lowest BCUT2D eigenvalue weighted by molar-refractivity contribution is -0.116. The Morgan fingerprint density at radius 1 is 1.32 bits per heavy atom. The molecule has 0 unspecified atom stereocenters. The summed E-state index contributed by atoms with van der Waals surface area (Å²) < 4.78 is 0. The second kappa shape index (κ2) is 6.56. The van der Waals surface area contributed by atoms with Crippen LogP contribution in [-0.4, -0.2) is 10.9 Å². The van der Waals surface area contributed by atoms with Gasteiger partial charge in [0.05, 0.1) is 0 Å². The summed E-state index contributed by atoms with van der Waals surface area (Å²) in [6.07, 6.45) is 9.40. The van der Waals surface area contributed by atoms with Crippen molar-refractivity contribution in [2.45, 2.75) is 32.6 Å². The first kappa shape index (κ1) is 14.5. The van der Waals surface area contributed by atoms with Crippen LogP contribution < -0.4 is 5.32 Å². The van der Waals surface area contributed by atoms with Crippen LogP contribution in [0.4, 0.5) is 5.69 Å². The molecule has 1 aromatic heterocycles. The fourth-order valence-electron chi connectivity index (χ4n) is 2.81. The number of anilines is 1. The van der Waals surface area contributed by atoms with Gasteiger partial charge in [-0.3, -0.25) is 9.78 Å². The van der Waals surface area contributed by atoms with Crippen LogP contribution in [-0.2, 0) is 11.2 Å². The SMILES string of the molecule is CCC/C(=C\c1cccnc1)c1ccc2c(c1)CCC(=O)N2. The van der Waals surface area contributed by atoms with Crippen molar-refractivity contribution in [1.29, 1.82) is 0 Å². The number of carbonyl (C=O) groups is 1. The Bertz CT molecular complexity index is 705. The van der Waals surface area contributed by atoms with E-state index in [1.54, 1.807) is 6.20 Å². The van der Waals surface area contributed by atoms with Gasteiger partial charge < -0.3 is 5.32 Å². The zero-order valence-corrected chi connectivity index (χ0v) is 12.8. The smallest absolute Gasteiger partial charge is 0.224 e. The van der Waals surface area contributed by atoms with Gasteiger partial charge in [0.25, 0.3) is 0 Å². The zero-order chi connectivity index (χ0) is 15.4. The molecule has 0 atom stereocenters. The van der Waals surface area contributed by atoms with Crippen molar-refractivity contribution in [2.75, 3.05) is 5.32 Å². The van der Waals surface area contributed by atoms with Crippen LogP contribution >= 0.6 is 0 Å². The van der Waals surface area contributed by atoms with Crippen molar-refractivity contribution in [3.05, 3.63) is 59.4 Å². The Balaban J connectivity index is 1.95. The van der Waals surface area contributed by atoms with E-state index in [4.69, 9.17) is 0 Å². The lowest BCUT2D eigenvalue weighted by atomic mass is 9.94. The molecule has 3 heteroatoms. The number of hydrogen-bond acceptors (Lipinski definition) is 2. The quantitative estimate of drug-likeness (QED) is 0.912. The van der Waals surface area contributed by atoms with Crippen LogP contribution in [0.2, 0.25) is 0 Å². The van der Waals surface area contributed by atoms with Gasteiger partial charge in [-0.15, -0.1) is 0 Å². The van der Waals surface area contributed by atoms with Crippen molar-refractivity contribution in [1.82, 2.24) is 4.98 Å². The van der Waals surface area contributed by atoms with E-state index in [2.05, 4.69) is 41.5 Å². The van der Waals surface area contributed by atoms with Gasteiger partial charge in [0, 0.05) is 24.5 Å². The molecule has 2 aromatic rings. The monoisotopic (exact) mass is 292 g/mol. The van der Waals surface area contributed by atoms with Crippen LogP contribution in [0.3, 0.4) is 0 Å². The summed E-state index contributed by atoms with van der Waals surface area (Å²) in [4.78, 5) is 15.6. The third-order valence-electron chi connectivity index (χ3n) is 3.92. The highest BCUT2D eigenvalue weighted by Gasteiger charge is 2.15. The van der Waals surface area contributed by atoms with Crippen LogP contribution in [0.5, 0.6) is 0 Å². The number of rotatable bonds is 4. The predicted molar refractivity (Wildman–Crippen MR) is 90.4 cm³/mol. The maximum atomic E-state index is 11.5. The number of carbonyl (C=O) groups excluding carboxylic acids is 1. The van der Waals surface area contributed by atoms with Gasteiger partial charge in [-0.05, 0) is 59.4 Å². The summed E-state index contributed by atoms with van der Waals surface area (Å²) in [5, 5.41) is 2.94. The van der Waals surface area contributed by atoms with Crippen LogP contribution in [0.1, 0.15) is 42.9 Å². The molecule has 3 rings (SSSR count). The fraction of sp³-hybridized carbons (Fsp3) is 0.263. The minimum atomic E-state index is 0.111. The summed E-state index contributed by atoms with van der Waals surface area (Å²) in [6, 6.07) is 10.4. The Hall–Kier alpha value is -2.42. The van der Waals surface area contributed by atoms with Gasteiger partial charge in [-0.25, -0.2) is 0 Å². The molecule has 0 saturated heterocycles. The number of hydrogen-bond donors (Lipinski definition) is 1. The summed E-state index contributed by atoms with van der Waals surface area (Å²) in [7, 11) is 0. The van der Waals surface area contributed by atoms with Crippen molar-refractivity contribution in [3.8, 4) is 0 Å². The molecule has 1 amide bonds. The summed E-state index contributed by atoms with van der Waals surface area (Å²) >= 11 is 0. The number of aromatic nitrogens is 1. The number of aryl methyl sites for hydroxylation is 1. The molecule has 0 fully saturated rings. The largest absolute Gasteiger partial charge is 0.326 e. The Morgan fingerprint density at radius 2 is 2.23 bits per heavy atom. The molecule has 22 heavy (non-hydrogen) atoms. The van der Waals surface area contributed by atoms with E-state index in [-0.39, 0.29) is 5.91 Å². The lowest BCUT2D eigenvalue weighted by Gasteiger charge is -2.18. The van der Waals surface area contributed by atoms with Crippen LogP contribution in [0, 0.1) is 0 Å². The Morgan fingerprint density at radius 3 is 3.00 bits per heavy atom. The molecular weight excluding hydrogens is 272 g/mol. The summed E-state index contributed by atoms with van der Waals surface area (Å²) in [5.74, 6) is 0.111. The lowest BCUT2D eigenvalue weighted by Crippen LogP contribution is -2.18. The molecule has 1 aliphatic rings. The maximum absolute atomic E-state index is 11.5. The van der Waals surface area contributed by atoms with Crippen molar-refractivity contribution in [3.63, 3.8) is 0 Å². The van der Waals surface area contributed by atoms with Crippen LogP contribution in [0.25, 0.3) is 11.6 Å². The van der Waals surface area contributed by atoms with E-state index in [1.807, 2.05) is 18.3 Å². The zero-order valence-electron chi connectivity index (χ0n) is 12.8. The summed E-state index contributed by atoms with van der Waals surface area (Å²) in [5.41, 5.74) is 5.86. The highest BCUT2D eigenvalue weighted by molar-refractivity contribution is 5.94. The van der Waals surface area contributed by atoms with E-state index in [0.717, 1.165) is 30.5 Å². The number of fused-ring (bicyclic) bond motifs is 1. The molecular formula is C19H20N2O.